The Balaban J connectivity index is 2.59. The van der Waals surface area contributed by atoms with Crippen LogP contribution in [0.15, 0.2) is 24.3 Å². The second-order valence-corrected chi connectivity index (χ2v) is 5.70. The summed E-state index contributed by atoms with van der Waals surface area (Å²) in [6.07, 6.45) is 2.13. The molecule has 1 aromatic carbocycles. The minimum absolute atomic E-state index is 0.630. The standard InChI is InChI=1S/C14H17ClN2S/c1-3-5-12-13(17(4-2)14(16)18-12)10-6-8-11(15)9-7-10/h6-9,16H,3-5H2,1-2H3. The topological polar surface area (TPSA) is 28.8 Å². The van der Waals surface area contributed by atoms with Crippen molar-refractivity contribution in [2.24, 2.45) is 0 Å². The van der Waals surface area contributed by atoms with Gasteiger partial charge in [0.15, 0.2) is 4.80 Å². The van der Waals surface area contributed by atoms with Gasteiger partial charge in [0.05, 0.1) is 5.69 Å². The Morgan fingerprint density at radius 3 is 2.44 bits per heavy atom. The molecule has 0 aliphatic rings. The SMILES string of the molecule is CCCc1sc(=N)n(CC)c1-c1ccc(Cl)cc1. The Morgan fingerprint density at radius 2 is 1.89 bits per heavy atom. The van der Waals surface area contributed by atoms with Gasteiger partial charge in [0, 0.05) is 16.4 Å². The van der Waals surface area contributed by atoms with Crippen molar-refractivity contribution >= 4 is 22.9 Å². The van der Waals surface area contributed by atoms with Gasteiger partial charge in [-0.2, -0.15) is 0 Å². The van der Waals surface area contributed by atoms with Crippen molar-refractivity contribution in [2.75, 3.05) is 0 Å². The second kappa shape index (κ2) is 5.72. The van der Waals surface area contributed by atoms with Crippen LogP contribution in [-0.2, 0) is 13.0 Å². The number of aryl methyl sites for hydroxylation is 1. The highest BCUT2D eigenvalue weighted by molar-refractivity contribution is 7.09. The molecule has 0 saturated carbocycles. The van der Waals surface area contributed by atoms with Gasteiger partial charge < -0.3 is 4.57 Å². The van der Waals surface area contributed by atoms with E-state index in [1.54, 1.807) is 11.3 Å². The molecule has 0 unspecified atom stereocenters. The van der Waals surface area contributed by atoms with Gasteiger partial charge in [-0.05, 0) is 31.0 Å². The molecule has 0 radical (unpaired) electrons. The third-order valence-electron chi connectivity index (χ3n) is 2.91. The lowest BCUT2D eigenvalue weighted by atomic mass is 10.1. The van der Waals surface area contributed by atoms with E-state index in [0.717, 1.165) is 30.0 Å². The third kappa shape index (κ3) is 2.52. The zero-order chi connectivity index (χ0) is 13.1. The number of nitrogens with zero attached hydrogens (tertiary/aromatic N) is 1. The number of benzene rings is 1. The van der Waals surface area contributed by atoms with Crippen LogP contribution in [-0.4, -0.2) is 4.57 Å². The number of nitrogens with one attached hydrogen (secondary N) is 1. The van der Waals surface area contributed by atoms with E-state index < -0.39 is 0 Å². The fraction of sp³-hybridized carbons (Fsp3) is 0.357. The fourth-order valence-electron chi connectivity index (χ4n) is 2.09. The monoisotopic (exact) mass is 280 g/mol. The molecule has 0 bridgehead atoms. The number of halogens is 1. The maximum Gasteiger partial charge on any atom is 0.182 e. The average molecular weight is 281 g/mol. The molecule has 2 nitrogen and oxygen atoms in total. The van der Waals surface area contributed by atoms with Gasteiger partial charge in [-0.3, -0.25) is 5.41 Å². The van der Waals surface area contributed by atoms with E-state index >= 15 is 0 Å². The van der Waals surface area contributed by atoms with Crippen LogP contribution in [0.1, 0.15) is 25.1 Å². The van der Waals surface area contributed by atoms with E-state index in [9.17, 15) is 0 Å². The third-order valence-corrected chi connectivity index (χ3v) is 4.22. The van der Waals surface area contributed by atoms with Crippen molar-refractivity contribution in [1.82, 2.24) is 4.57 Å². The summed E-state index contributed by atoms with van der Waals surface area (Å²) in [5, 5.41) is 8.81. The lowest BCUT2D eigenvalue weighted by Gasteiger charge is -2.08. The van der Waals surface area contributed by atoms with Gasteiger partial charge in [-0.15, -0.1) is 11.3 Å². The predicted octanol–water partition coefficient (Wildman–Crippen LogP) is 4.32. The lowest BCUT2D eigenvalue weighted by molar-refractivity contribution is 0.731. The van der Waals surface area contributed by atoms with Gasteiger partial charge in [-0.25, -0.2) is 0 Å². The maximum absolute atomic E-state index is 8.06. The molecule has 0 atom stereocenters. The fourth-order valence-corrected chi connectivity index (χ4v) is 3.42. The van der Waals surface area contributed by atoms with Gasteiger partial charge in [0.1, 0.15) is 0 Å². The smallest absolute Gasteiger partial charge is 0.182 e. The molecule has 1 aromatic heterocycles. The summed E-state index contributed by atoms with van der Waals surface area (Å²) in [5.41, 5.74) is 2.34. The van der Waals surface area contributed by atoms with Crippen LogP contribution in [0.25, 0.3) is 11.3 Å². The summed E-state index contributed by atoms with van der Waals surface area (Å²) in [4.78, 5) is 1.93. The first-order valence-corrected chi connectivity index (χ1v) is 7.39. The van der Waals surface area contributed by atoms with Gasteiger partial charge in [-0.1, -0.05) is 37.1 Å². The van der Waals surface area contributed by atoms with Crippen molar-refractivity contribution in [2.45, 2.75) is 33.2 Å². The molecule has 0 fully saturated rings. The molecule has 96 valence electrons. The van der Waals surface area contributed by atoms with Crippen LogP contribution in [0, 0.1) is 5.41 Å². The van der Waals surface area contributed by atoms with Crippen LogP contribution < -0.4 is 4.80 Å². The molecule has 2 aromatic rings. The lowest BCUT2D eigenvalue weighted by Crippen LogP contribution is -2.12. The average Bonchev–Trinajstić information content (AvgIpc) is 2.67. The molecular formula is C14H17ClN2S. The molecule has 4 heteroatoms. The van der Waals surface area contributed by atoms with E-state index in [0.29, 0.717) is 4.80 Å². The Labute approximate surface area is 116 Å². The Morgan fingerprint density at radius 1 is 1.22 bits per heavy atom. The molecule has 1 heterocycles. The molecule has 1 N–H and O–H groups in total. The number of hydrogen-bond acceptors (Lipinski definition) is 2. The Bertz CT molecular complexity index is 581. The Kier molecular flexibility index (Phi) is 4.25. The summed E-state index contributed by atoms with van der Waals surface area (Å²) >= 11 is 7.52. The van der Waals surface area contributed by atoms with E-state index in [1.165, 1.54) is 10.6 Å². The molecule has 0 spiro atoms. The van der Waals surface area contributed by atoms with E-state index in [4.69, 9.17) is 17.0 Å². The normalized spacial score (nSPS) is 10.8. The largest absolute Gasteiger partial charge is 0.317 e. The number of hydrogen-bond donors (Lipinski definition) is 1. The highest BCUT2D eigenvalue weighted by Gasteiger charge is 2.13. The Hall–Kier alpha value is -1.06. The number of thiazole rings is 1. The molecule has 0 amide bonds. The van der Waals surface area contributed by atoms with Crippen molar-refractivity contribution in [1.29, 1.82) is 5.41 Å². The first-order valence-electron chi connectivity index (χ1n) is 6.20. The predicted molar refractivity (Wildman–Crippen MR) is 78.3 cm³/mol. The molecule has 2 rings (SSSR count). The molecule has 0 aliphatic carbocycles. The quantitative estimate of drug-likeness (QED) is 0.864. The molecule has 18 heavy (non-hydrogen) atoms. The first-order chi connectivity index (χ1) is 8.67. The van der Waals surface area contributed by atoms with Crippen LogP contribution in [0.4, 0.5) is 0 Å². The molecule has 0 saturated heterocycles. The van der Waals surface area contributed by atoms with E-state index in [1.807, 2.05) is 24.3 Å². The molecule has 0 aliphatic heterocycles. The number of rotatable bonds is 4. The van der Waals surface area contributed by atoms with Crippen LogP contribution in [0.5, 0.6) is 0 Å². The minimum Gasteiger partial charge on any atom is -0.317 e. The highest BCUT2D eigenvalue weighted by Crippen LogP contribution is 2.28. The van der Waals surface area contributed by atoms with E-state index in [2.05, 4.69) is 18.4 Å². The summed E-state index contributed by atoms with van der Waals surface area (Å²) in [7, 11) is 0. The maximum atomic E-state index is 8.06. The van der Waals surface area contributed by atoms with Crippen molar-refractivity contribution < 1.29 is 0 Å². The van der Waals surface area contributed by atoms with Gasteiger partial charge in [0.25, 0.3) is 0 Å². The van der Waals surface area contributed by atoms with Gasteiger partial charge in [0.2, 0.25) is 0 Å². The van der Waals surface area contributed by atoms with Gasteiger partial charge >= 0.3 is 0 Å². The zero-order valence-corrected chi connectivity index (χ0v) is 12.2. The summed E-state index contributed by atoms with van der Waals surface area (Å²) < 4.78 is 2.07. The summed E-state index contributed by atoms with van der Waals surface area (Å²) in [5.74, 6) is 0. The second-order valence-electron chi connectivity index (χ2n) is 4.18. The van der Waals surface area contributed by atoms with Crippen LogP contribution in [0.2, 0.25) is 5.02 Å². The summed E-state index contributed by atoms with van der Waals surface area (Å²) in [6.45, 7) is 5.09. The minimum atomic E-state index is 0.630. The van der Waals surface area contributed by atoms with Crippen molar-refractivity contribution in [3.05, 3.63) is 39.0 Å². The summed E-state index contributed by atoms with van der Waals surface area (Å²) in [6, 6.07) is 7.89. The van der Waals surface area contributed by atoms with Crippen molar-refractivity contribution in [3.8, 4) is 11.3 Å². The first kappa shape index (κ1) is 13.4. The van der Waals surface area contributed by atoms with Crippen molar-refractivity contribution in [3.63, 3.8) is 0 Å². The van der Waals surface area contributed by atoms with Crippen LogP contribution in [0.3, 0.4) is 0 Å². The highest BCUT2D eigenvalue weighted by atomic mass is 35.5. The molecular weight excluding hydrogens is 264 g/mol. The van der Waals surface area contributed by atoms with E-state index in [-0.39, 0.29) is 0 Å². The zero-order valence-electron chi connectivity index (χ0n) is 10.7. The number of aromatic nitrogens is 1. The van der Waals surface area contributed by atoms with Crippen LogP contribution >= 0.6 is 22.9 Å².